The maximum atomic E-state index is 12.5. The van der Waals surface area contributed by atoms with Crippen LogP contribution in [-0.4, -0.2) is 26.5 Å². The van der Waals surface area contributed by atoms with E-state index in [0.717, 1.165) is 11.6 Å². The van der Waals surface area contributed by atoms with Gasteiger partial charge in [-0.1, -0.05) is 30.3 Å². The van der Waals surface area contributed by atoms with E-state index in [-0.39, 0.29) is 17.1 Å². The Morgan fingerprint density at radius 2 is 1.85 bits per heavy atom. The summed E-state index contributed by atoms with van der Waals surface area (Å²) >= 11 is 0. The third-order valence-corrected chi connectivity index (χ3v) is 5.56. The van der Waals surface area contributed by atoms with Gasteiger partial charge in [-0.15, -0.1) is 0 Å². The van der Waals surface area contributed by atoms with Gasteiger partial charge in [0.15, 0.2) is 0 Å². The van der Waals surface area contributed by atoms with E-state index in [1.54, 1.807) is 13.8 Å². The summed E-state index contributed by atoms with van der Waals surface area (Å²) in [6.45, 7) is 4.36. The van der Waals surface area contributed by atoms with Crippen LogP contribution in [0.2, 0.25) is 0 Å². The molecule has 0 aliphatic heterocycles. The monoisotopic (exact) mass is 378 g/mol. The summed E-state index contributed by atoms with van der Waals surface area (Å²) in [7, 11) is -3.82. The number of hydrogen-bond donors (Lipinski definition) is 1. The van der Waals surface area contributed by atoms with Crippen LogP contribution in [0.5, 0.6) is 0 Å². The molecule has 0 atom stereocenters. The molecule has 0 unspecified atom stereocenters. The summed E-state index contributed by atoms with van der Waals surface area (Å²) in [6, 6.07) is 12.1. The Morgan fingerprint density at radius 3 is 2.50 bits per heavy atom. The molecule has 8 heteroatoms. The lowest BCUT2D eigenvalue weighted by Crippen LogP contribution is -2.26. The zero-order valence-electron chi connectivity index (χ0n) is 14.8. The van der Waals surface area contributed by atoms with Crippen LogP contribution in [0, 0.1) is 24.0 Å². The minimum atomic E-state index is -3.82. The lowest BCUT2D eigenvalue weighted by Gasteiger charge is -2.11. The first-order valence-corrected chi connectivity index (χ1v) is 9.66. The Labute approximate surface area is 153 Å². The number of benzene rings is 2. The molecule has 0 heterocycles. The number of non-ortho nitro benzene ring substituents is 1. The minimum Gasteiger partial charge on any atom is -0.377 e. The van der Waals surface area contributed by atoms with Crippen molar-refractivity contribution in [3.63, 3.8) is 0 Å². The van der Waals surface area contributed by atoms with E-state index < -0.39 is 14.9 Å². The van der Waals surface area contributed by atoms with Crippen molar-refractivity contribution >= 4 is 15.7 Å². The molecular weight excluding hydrogens is 356 g/mol. The number of nitro benzene ring substituents is 1. The fraction of sp³-hybridized carbons (Fsp3) is 0.333. The minimum absolute atomic E-state index is 0.0607. The number of ether oxygens (including phenoxy) is 1. The van der Waals surface area contributed by atoms with Crippen molar-refractivity contribution in [1.29, 1.82) is 0 Å². The van der Waals surface area contributed by atoms with E-state index in [9.17, 15) is 18.5 Å². The highest BCUT2D eigenvalue weighted by molar-refractivity contribution is 7.89. The summed E-state index contributed by atoms with van der Waals surface area (Å²) in [5.74, 6) is 0. The summed E-state index contributed by atoms with van der Waals surface area (Å²) in [5, 5.41) is 11.0. The van der Waals surface area contributed by atoms with Gasteiger partial charge in [-0.05, 0) is 37.0 Å². The first kappa shape index (κ1) is 20.0. The average molecular weight is 378 g/mol. The number of nitro groups is 1. The van der Waals surface area contributed by atoms with Gasteiger partial charge in [0, 0.05) is 25.3 Å². The molecule has 0 amide bonds. The normalized spacial score (nSPS) is 11.5. The number of sulfonamides is 1. The highest BCUT2D eigenvalue weighted by atomic mass is 32.2. The molecular formula is C18H22N2O5S. The second kappa shape index (κ2) is 8.88. The molecule has 0 aromatic heterocycles. The van der Waals surface area contributed by atoms with Gasteiger partial charge in [-0.25, -0.2) is 13.1 Å². The van der Waals surface area contributed by atoms with E-state index in [4.69, 9.17) is 4.74 Å². The summed E-state index contributed by atoms with van der Waals surface area (Å²) < 4.78 is 32.9. The molecule has 1 N–H and O–H groups in total. The van der Waals surface area contributed by atoms with Gasteiger partial charge in [-0.2, -0.15) is 0 Å². The quantitative estimate of drug-likeness (QED) is 0.411. The molecule has 7 nitrogen and oxygen atoms in total. The van der Waals surface area contributed by atoms with Gasteiger partial charge in [0.1, 0.15) is 0 Å². The molecule has 2 aromatic carbocycles. The number of nitrogens with zero attached hydrogens (tertiary/aromatic N) is 1. The molecule has 0 radical (unpaired) electrons. The summed E-state index contributed by atoms with van der Waals surface area (Å²) in [4.78, 5) is 10.3. The van der Waals surface area contributed by atoms with Crippen molar-refractivity contribution in [1.82, 2.24) is 4.72 Å². The van der Waals surface area contributed by atoms with Crippen LogP contribution in [0.3, 0.4) is 0 Å². The van der Waals surface area contributed by atoms with Crippen LogP contribution < -0.4 is 4.72 Å². The van der Waals surface area contributed by atoms with Crippen molar-refractivity contribution in [2.24, 2.45) is 0 Å². The van der Waals surface area contributed by atoms with Crippen molar-refractivity contribution < 1.29 is 18.1 Å². The van der Waals surface area contributed by atoms with E-state index in [2.05, 4.69) is 4.72 Å². The van der Waals surface area contributed by atoms with Gasteiger partial charge >= 0.3 is 0 Å². The van der Waals surface area contributed by atoms with Gasteiger partial charge in [0.2, 0.25) is 10.0 Å². The smallest absolute Gasteiger partial charge is 0.271 e. The van der Waals surface area contributed by atoms with E-state index >= 15 is 0 Å². The first-order valence-electron chi connectivity index (χ1n) is 8.18. The topological polar surface area (TPSA) is 98.5 Å². The number of nitrogens with one attached hydrogen (secondary N) is 1. The number of rotatable bonds is 9. The molecule has 0 aliphatic carbocycles. The third kappa shape index (κ3) is 5.35. The SMILES string of the molecule is Cc1cc([N+](=O)[O-])cc(S(=O)(=O)NCCCOCc2ccccc2)c1C. The van der Waals surface area contributed by atoms with Crippen LogP contribution in [-0.2, 0) is 21.4 Å². The second-order valence-electron chi connectivity index (χ2n) is 5.93. The largest absolute Gasteiger partial charge is 0.377 e. The van der Waals surface area contributed by atoms with Crippen LogP contribution in [0.1, 0.15) is 23.1 Å². The predicted octanol–water partition coefficient (Wildman–Crippen LogP) is 3.10. The Balaban J connectivity index is 1.90. The Morgan fingerprint density at radius 1 is 1.15 bits per heavy atom. The molecule has 0 bridgehead atoms. The molecule has 0 aliphatic rings. The third-order valence-electron chi connectivity index (χ3n) is 3.97. The molecule has 2 rings (SSSR count). The predicted molar refractivity (Wildman–Crippen MR) is 98.5 cm³/mol. The molecule has 26 heavy (non-hydrogen) atoms. The van der Waals surface area contributed by atoms with Crippen molar-refractivity contribution in [2.45, 2.75) is 31.8 Å². The zero-order valence-corrected chi connectivity index (χ0v) is 15.6. The van der Waals surface area contributed by atoms with Gasteiger partial charge in [-0.3, -0.25) is 10.1 Å². The lowest BCUT2D eigenvalue weighted by atomic mass is 10.1. The highest BCUT2D eigenvalue weighted by Gasteiger charge is 2.21. The summed E-state index contributed by atoms with van der Waals surface area (Å²) in [5.41, 5.74) is 1.88. The Kier molecular flexibility index (Phi) is 6.84. The van der Waals surface area contributed by atoms with Gasteiger partial charge in [0.05, 0.1) is 16.4 Å². The van der Waals surface area contributed by atoms with E-state index in [0.29, 0.717) is 30.8 Å². The molecule has 140 valence electrons. The fourth-order valence-corrected chi connectivity index (χ4v) is 3.82. The second-order valence-corrected chi connectivity index (χ2v) is 7.67. The Bertz CT molecular complexity index is 867. The van der Waals surface area contributed by atoms with Crippen molar-refractivity contribution in [3.05, 3.63) is 69.3 Å². The maximum Gasteiger partial charge on any atom is 0.271 e. The number of hydrogen-bond acceptors (Lipinski definition) is 5. The van der Waals surface area contributed by atoms with Crippen LogP contribution in [0.15, 0.2) is 47.4 Å². The van der Waals surface area contributed by atoms with E-state index in [1.165, 1.54) is 6.07 Å². The highest BCUT2D eigenvalue weighted by Crippen LogP contribution is 2.25. The lowest BCUT2D eigenvalue weighted by molar-refractivity contribution is -0.385. The van der Waals surface area contributed by atoms with Crippen LogP contribution in [0.25, 0.3) is 0 Å². The number of aryl methyl sites for hydroxylation is 1. The van der Waals surface area contributed by atoms with Gasteiger partial charge < -0.3 is 4.74 Å². The van der Waals surface area contributed by atoms with Crippen molar-refractivity contribution in [2.75, 3.05) is 13.2 Å². The van der Waals surface area contributed by atoms with Crippen LogP contribution in [0.4, 0.5) is 5.69 Å². The summed E-state index contributed by atoms with van der Waals surface area (Å²) in [6.07, 6.45) is 0.499. The van der Waals surface area contributed by atoms with Crippen LogP contribution >= 0.6 is 0 Å². The zero-order chi connectivity index (χ0) is 19.2. The molecule has 0 saturated heterocycles. The first-order chi connectivity index (χ1) is 12.3. The maximum absolute atomic E-state index is 12.5. The van der Waals surface area contributed by atoms with E-state index in [1.807, 2.05) is 30.3 Å². The Hall–Kier alpha value is -2.29. The molecule has 2 aromatic rings. The van der Waals surface area contributed by atoms with Crippen molar-refractivity contribution in [3.8, 4) is 0 Å². The average Bonchev–Trinajstić information content (AvgIpc) is 2.60. The molecule has 0 saturated carbocycles. The molecule has 0 spiro atoms. The fourth-order valence-electron chi connectivity index (χ4n) is 2.42. The molecule has 0 fully saturated rings. The standard InChI is InChI=1S/C18H22N2O5S/c1-14-11-17(20(21)22)12-18(15(14)2)26(23,24)19-9-6-10-25-13-16-7-4-3-5-8-16/h3-5,7-8,11-12,19H,6,9-10,13H2,1-2H3. The van der Waals surface area contributed by atoms with Gasteiger partial charge in [0.25, 0.3) is 5.69 Å².